The smallest absolute Gasteiger partial charge is 0.274 e. The zero-order valence-corrected chi connectivity index (χ0v) is 16.9. The summed E-state index contributed by atoms with van der Waals surface area (Å²) in [5.74, 6) is 0.792. The molecule has 2 aliphatic rings. The highest BCUT2D eigenvalue weighted by Gasteiger charge is 2.33. The molecule has 2 aromatic carbocycles. The van der Waals surface area contributed by atoms with Crippen LogP contribution in [0, 0.1) is 0 Å². The van der Waals surface area contributed by atoms with Gasteiger partial charge in [0.2, 0.25) is 0 Å². The van der Waals surface area contributed by atoms with Crippen molar-refractivity contribution in [3.63, 3.8) is 0 Å². The monoisotopic (exact) mass is 406 g/mol. The second-order valence-electron chi connectivity index (χ2n) is 6.85. The summed E-state index contributed by atoms with van der Waals surface area (Å²) in [6.45, 7) is 0.981. The minimum atomic E-state index is -0.226. The fraction of sp³-hybridized carbons (Fsp3) is 0.273. The third-order valence-electron chi connectivity index (χ3n) is 5.17. The van der Waals surface area contributed by atoms with Crippen LogP contribution in [0.1, 0.15) is 12.8 Å². The molecule has 2 amide bonds. The highest BCUT2D eigenvalue weighted by Crippen LogP contribution is 2.31. The molecule has 2 aliphatic heterocycles. The van der Waals surface area contributed by atoms with Crippen LogP contribution >= 0.6 is 0 Å². The van der Waals surface area contributed by atoms with E-state index in [2.05, 4.69) is 10.2 Å². The van der Waals surface area contributed by atoms with E-state index in [1.807, 2.05) is 48.5 Å². The molecule has 0 atom stereocenters. The number of rotatable bonds is 5. The third kappa shape index (κ3) is 3.52. The molecule has 0 spiro atoms. The van der Waals surface area contributed by atoms with Crippen molar-refractivity contribution in [1.29, 1.82) is 0 Å². The Hall–Kier alpha value is -3.68. The van der Waals surface area contributed by atoms with Gasteiger partial charge in [0.1, 0.15) is 22.9 Å². The number of para-hydroxylation sites is 4. The van der Waals surface area contributed by atoms with E-state index in [9.17, 15) is 9.59 Å². The van der Waals surface area contributed by atoms with Gasteiger partial charge in [0, 0.05) is 25.9 Å². The summed E-state index contributed by atoms with van der Waals surface area (Å²) in [5.41, 5.74) is 2.05. The highest BCUT2D eigenvalue weighted by molar-refractivity contribution is 6.48. The van der Waals surface area contributed by atoms with Gasteiger partial charge in [0.05, 0.1) is 25.6 Å². The van der Waals surface area contributed by atoms with Gasteiger partial charge in [-0.3, -0.25) is 9.59 Å². The second kappa shape index (κ2) is 8.36. The van der Waals surface area contributed by atoms with Crippen LogP contribution in [0.25, 0.3) is 0 Å². The third-order valence-corrected chi connectivity index (χ3v) is 5.17. The first-order valence-electron chi connectivity index (χ1n) is 9.67. The molecule has 0 aliphatic carbocycles. The van der Waals surface area contributed by atoms with Crippen LogP contribution < -0.4 is 19.3 Å². The fourth-order valence-electron chi connectivity index (χ4n) is 3.64. The molecule has 4 rings (SSSR count). The number of hydrogen-bond donors (Lipinski definition) is 0. The Bertz CT molecular complexity index is 963. The maximum atomic E-state index is 12.8. The van der Waals surface area contributed by atoms with Crippen LogP contribution in [0.15, 0.2) is 58.7 Å². The quantitative estimate of drug-likeness (QED) is 0.715. The maximum Gasteiger partial charge on any atom is 0.274 e. The molecule has 0 N–H and O–H groups in total. The minimum absolute atomic E-state index is 0.226. The summed E-state index contributed by atoms with van der Waals surface area (Å²) in [6, 6.07) is 14.7. The first-order chi connectivity index (χ1) is 14.6. The van der Waals surface area contributed by atoms with E-state index in [4.69, 9.17) is 9.47 Å². The van der Waals surface area contributed by atoms with Crippen molar-refractivity contribution in [2.75, 3.05) is 37.1 Å². The average molecular weight is 406 g/mol. The Morgan fingerprint density at radius 1 is 0.700 bits per heavy atom. The van der Waals surface area contributed by atoms with Gasteiger partial charge in [-0.25, -0.2) is 0 Å². The molecule has 8 heteroatoms. The lowest BCUT2D eigenvalue weighted by Crippen LogP contribution is -2.28. The summed E-state index contributed by atoms with van der Waals surface area (Å²) >= 11 is 0. The van der Waals surface area contributed by atoms with Gasteiger partial charge < -0.3 is 19.3 Å². The van der Waals surface area contributed by atoms with Crippen molar-refractivity contribution >= 4 is 34.6 Å². The Kier molecular flexibility index (Phi) is 5.47. The van der Waals surface area contributed by atoms with Gasteiger partial charge in [0.15, 0.2) is 0 Å². The lowest BCUT2D eigenvalue weighted by Gasteiger charge is -2.18. The van der Waals surface area contributed by atoms with Gasteiger partial charge in [-0.15, -0.1) is 10.2 Å². The topological polar surface area (TPSA) is 83.8 Å². The molecule has 0 unspecified atom stereocenters. The van der Waals surface area contributed by atoms with E-state index in [0.29, 0.717) is 60.2 Å². The Morgan fingerprint density at radius 2 is 1.10 bits per heavy atom. The molecule has 0 bridgehead atoms. The summed E-state index contributed by atoms with van der Waals surface area (Å²) in [7, 11) is 3.14. The second-order valence-corrected chi connectivity index (χ2v) is 6.85. The number of carbonyl (C=O) groups is 2. The van der Waals surface area contributed by atoms with Gasteiger partial charge >= 0.3 is 0 Å². The largest absolute Gasteiger partial charge is 0.495 e. The number of anilines is 2. The summed E-state index contributed by atoms with van der Waals surface area (Å²) in [5, 5.41) is 8.26. The molecule has 2 heterocycles. The van der Waals surface area contributed by atoms with Crippen LogP contribution in [0.5, 0.6) is 11.5 Å². The van der Waals surface area contributed by atoms with Crippen molar-refractivity contribution in [3.8, 4) is 11.5 Å². The molecule has 8 nitrogen and oxygen atoms in total. The Morgan fingerprint density at radius 3 is 1.50 bits per heavy atom. The number of benzene rings is 2. The first kappa shape index (κ1) is 19.6. The predicted molar refractivity (Wildman–Crippen MR) is 115 cm³/mol. The van der Waals surface area contributed by atoms with Gasteiger partial charge in [0.25, 0.3) is 11.8 Å². The number of nitrogens with zero attached hydrogens (tertiary/aromatic N) is 4. The molecule has 0 saturated carbocycles. The normalized spacial score (nSPS) is 19.3. The van der Waals surface area contributed by atoms with Crippen LogP contribution in [-0.4, -0.2) is 50.5 Å². The van der Waals surface area contributed by atoms with Gasteiger partial charge in [-0.2, -0.15) is 0 Å². The van der Waals surface area contributed by atoms with Gasteiger partial charge in [-0.1, -0.05) is 24.3 Å². The van der Waals surface area contributed by atoms with E-state index in [1.54, 1.807) is 24.0 Å². The Labute approximate surface area is 174 Å². The summed E-state index contributed by atoms with van der Waals surface area (Å²) in [4.78, 5) is 28.8. The van der Waals surface area contributed by atoms with Crippen LogP contribution in [0.4, 0.5) is 11.4 Å². The zero-order chi connectivity index (χ0) is 21.1. The number of ether oxygens (including phenoxy) is 2. The minimum Gasteiger partial charge on any atom is -0.495 e. The predicted octanol–water partition coefficient (Wildman–Crippen LogP) is 2.67. The zero-order valence-electron chi connectivity index (χ0n) is 16.9. The van der Waals surface area contributed by atoms with E-state index in [-0.39, 0.29) is 11.8 Å². The number of methoxy groups -OCH3 is 2. The van der Waals surface area contributed by atoms with Crippen LogP contribution in [-0.2, 0) is 9.59 Å². The van der Waals surface area contributed by atoms with Crippen molar-refractivity contribution in [1.82, 2.24) is 0 Å². The van der Waals surface area contributed by atoms with E-state index in [1.165, 1.54) is 0 Å². The van der Waals surface area contributed by atoms with E-state index in [0.717, 1.165) is 0 Å². The maximum absolute atomic E-state index is 12.8. The molecule has 2 fully saturated rings. The van der Waals surface area contributed by atoms with Crippen LogP contribution in [0.3, 0.4) is 0 Å². The standard InChI is InChI=1S/C22H22N4O4/c1-29-19-9-5-3-7-17(19)25-13-11-15(21(25)27)23-24-16-12-14-26(22(16)28)18-8-4-6-10-20(18)30-2/h3-10H,11-14H2,1-2H3/b23-15+,24-16+. The van der Waals surface area contributed by atoms with Crippen molar-refractivity contribution in [2.24, 2.45) is 10.2 Å². The van der Waals surface area contributed by atoms with Gasteiger partial charge in [-0.05, 0) is 24.3 Å². The summed E-state index contributed by atoms with van der Waals surface area (Å²) < 4.78 is 10.7. The van der Waals surface area contributed by atoms with Crippen LogP contribution in [0.2, 0.25) is 0 Å². The molecule has 30 heavy (non-hydrogen) atoms. The number of hydrogen-bond acceptors (Lipinski definition) is 6. The van der Waals surface area contributed by atoms with E-state index < -0.39 is 0 Å². The van der Waals surface area contributed by atoms with Crippen molar-refractivity contribution in [3.05, 3.63) is 48.5 Å². The molecule has 0 aromatic heterocycles. The summed E-state index contributed by atoms with van der Waals surface area (Å²) in [6.07, 6.45) is 0.913. The molecular weight excluding hydrogens is 384 g/mol. The first-order valence-corrected chi connectivity index (χ1v) is 9.67. The highest BCUT2D eigenvalue weighted by atomic mass is 16.5. The molecule has 2 aromatic rings. The SMILES string of the molecule is COc1ccccc1N1CC/C(=N\N=C2/CCN(c3ccccc3OC)C2=O)C1=O. The van der Waals surface area contributed by atoms with Crippen molar-refractivity contribution < 1.29 is 19.1 Å². The molecule has 154 valence electrons. The number of amides is 2. The lowest BCUT2D eigenvalue weighted by atomic mass is 10.2. The molecule has 2 saturated heterocycles. The lowest BCUT2D eigenvalue weighted by molar-refractivity contribution is -0.112. The van der Waals surface area contributed by atoms with Crippen molar-refractivity contribution in [2.45, 2.75) is 12.8 Å². The fourth-order valence-corrected chi connectivity index (χ4v) is 3.64. The Balaban J connectivity index is 1.52. The number of carbonyl (C=O) groups excluding carboxylic acids is 2. The molecule has 0 radical (unpaired) electrons. The van der Waals surface area contributed by atoms with E-state index >= 15 is 0 Å². The molecular formula is C22H22N4O4. The average Bonchev–Trinajstić information content (AvgIpc) is 3.34.